The topological polar surface area (TPSA) is 9.86 Å². The maximum absolute atomic E-state index is 2.45. The van der Waals surface area contributed by atoms with Crippen LogP contribution in [-0.2, 0) is 0 Å². The Morgan fingerprint density at radius 2 is 0.656 bits per heavy atom. The van der Waals surface area contributed by atoms with Crippen LogP contribution in [0.3, 0.4) is 0 Å². The number of rotatable bonds is 6. The molecule has 0 amide bonds. The van der Waals surface area contributed by atoms with Gasteiger partial charge in [-0.15, -0.1) is 0 Å². The molecular weight excluding hydrogens is 737 g/mol. The third kappa shape index (κ3) is 5.56. The van der Waals surface area contributed by atoms with Crippen molar-refractivity contribution in [2.45, 2.75) is 19.8 Å². The number of hydrogen-bond acceptors (Lipinski definition) is 0. The van der Waals surface area contributed by atoms with Crippen molar-refractivity contribution in [3.63, 3.8) is 0 Å². The molecule has 10 aromatic carbocycles. The van der Waals surface area contributed by atoms with Crippen molar-refractivity contribution in [2.75, 3.05) is 0 Å². The van der Waals surface area contributed by atoms with Gasteiger partial charge in [-0.3, -0.25) is 0 Å². The van der Waals surface area contributed by atoms with E-state index >= 15 is 0 Å². The molecule has 0 unspecified atom stereocenters. The Morgan fingerprint density at radius 1 is 0.279 bits per heavy atom. The van der Waals surface area contributed by atoms with Gasteiger partial charge in [0.15, 0.2) is 0 Å². The van der Waals surface area contributed by atoms with Gasteiger partial charge in [-0.05, 0) is 133 Å². The average molecular weight is 779 g/mol. The summed E-state index contributed by atoms with van der Waals surface area (Å²) in [4.78, 5) is 0. The minimum Gasteiger partial charge on any atom is -0.309 e. The molecule has 0 fully saturated rings. The summed E-state index contributed by atoms with van der Waals surface area (Å²) in [6.07, 6.45) is 0. The van der Waals surface area contributed by atoms with Crippen molar-refractivity contribution >= 4 is 65.2 Å². The highest BCUT2D eigenvalue weighted by atomic mass is 15.0. The normalized spacial score (nSPS) is 11.9. The van der Waals surface area contributed by atoms with E-state index in [1.165, 1.54) is 110 Å². The molecule has 12 rings (SSSR count). The van der Waals surface area contributed by atoms with Crippen molar-refractivity contribution in [3.05, 3.63) is 218 Å². The Bertz CT molecular complexity index is 3590. The molecule has 0 spiro atoms. The number of benzene rings is 10. The molecule has 0 N–H and O–H groups in total. The molecule has 0 aliphatic heterocycles. The van der Waals surface area contributed by atoms with E-state index in [0.717, 1.165) is 5.69 Å². The zero-order valence-electron chi connectivity index (χ0n) is 34.2. The molecule has 12 aromatic rings. The first kappa shape index (κ1) is 35.3. The third-order valence-electron chi connectivity index (χ3n) is 12.9. The first-order valence-electron chi connectivity index (χ1n) is 21.4. The smallest absolute Gasteiger partial charge is 0.0541 e. The highest BCUT2D eigenvalue weighted by molar-refractivity contribution is 6.21. The van der Waals surface area contributed by atoms with Crippen LogP contribution in [0.15, 0.2) is 212 Å². The number of nitrogens with zero attached hydrogens (tertiary/aromatic N) is 2. The van der Waals surface area contributed by atoms with E-state index in [2.05, 4.69) is 235 Å². The predicted octanol–water partition coefficient (Wildman–Crippen LogP) is 16.3. The maximum atomic E-state index is 2.45. The largest absolute Gasteiger partial charge is 0.309 e. The fraction of sp³-hybridized carbons (Fsp3) is 0.0508. The lowest BCUT2D eigenvalue weighted by Gasteiger charge is -2.18. The summed E-state index contributed by atoms with van der Waals surface area (Å²) < 4.78 is 4.84. The molecule has 0 bridgehead atoms. The van der Waals surface area contributed by atoms with Crippen molar-refractivity contribution in [1.82, 2.24) is 9.13 Å². The van der Waals surface area contributed by atoms with Gasteiger partial charge in [-0.1, -0.05) is 159 Å². The molecule has 2 nitrogen and oxygen atoms in total. The zero-order chi connectivity index (χ0) is 40.6. The Kier molecular flexibility index (Phi) is 8.08. The maximum Gasteiger partial charge on any atom is 0.0541 e. The Labute approximate surface area is 355 Å². The Morgan fingerprint density at radius 3 is 1.20 bits per heavy atom. The molecule has 2 aromatic heterocycles. The third-order valence-corrected chi connectivity index (χ3v) is 12.9. The highest BCUT2D eigenvalue weighted by Crippen LogP contribution is 2.44. The molecule has 288 valence electrons. The standard InChI is InChI=1S/C59H42N2/c1-38(2)41-27-32-56-52(35-41)53-37-43(42-28-33-55-51(36-42)46-19-13-14-24-54(46)60(55)44-17-7-4-8-18-44)29-34-57(53)61(56)45-30-25-40(26-31-45)59-49-22-11-9-20-47(49)58(39-15-5-3-6-16-39)48-21-10-12-23-50(48)59/h3-38H,1-2H3. The van der Waals surface area contributed by atoms with Gasteiger partial charge in [0.2, 0.25) is 0 Å². The molecule has 0 saturated carbocycles. The molecule has 0 aliphatic carbocycles. The molecule has 0 aliphatic rings. The van der Waals surface area contributed by atoms with Crippen molar-refractivity contribution in [1.29, 1.82) is 0 Å². The van der Waals surface area contributed by atoms with Crippen molar-refractivity contribution in [3.8, 4) is 44.8 Å². The molecule has 0 atom stereocenters. The molecule has 2 heteroatoms. The van der Waals surface area contributed by atoms with Crippen LogP contribution >= 0.6 is 0 Å². The van der Waals surface area contributed by atoms with E-state index in [4.69, 9.17) is 0 Å². The molecule has 2 heterocycles. The van der Waals surface area contributed by atoms with E-state index < -0.39 is 0 Å². The monoisotopic (exact) mass is 778 g/mol. The van der Waals surface area contributed by atoms with Crippen LogP contribution in [-0.4, -0.2) is 9.13 Å². The second kappa shape index (κ2) is 14.0. The summed E-state index contributed by atoms with van der Waals surface area (Å²) in [7, 11) is 0. The van der Waals surface area contributed by atoms with E-state index in [1.807, 2.05) is 0 Å². The predicted molar refractivity (Wildman–Crippen MR) is 261 cm³/mol. The van der Waals surface area contributed by atoms with Crippen LogP contribution in [0.4, 0.5) is 0 Å². The van der Waals surface area contributed by atoms with E-state index in [1.54, 1.807) is 0 Å². The van der Waals surface area contributed by atoms with Crippen LogP contribution in [0.2, 0.25) is 0 Å². The van der Waals surface area contributed by atoms with Gasteiger partial charge in [0.1, 0.15) is 0 Å². The van der Waals surface area contributed by atoms with Gasteiger partial charge in [0, 0.05) is 32.9 Å². The lowest BCUT2D eigenvalue weighted by atomic mass is 9.86. The van der Waals surface area contributed by atoms with Crippen LogP contribution in [0.25, 0.3) is 110 Å². The second-order valence-corrected chi connectivity index (χ2v) is 16.7. The highest BCUT2D eigenvalue weighted by Gasteiger charge is 2.19. The average Bonchev–Trinajstić information content (AvgIpc) is 3.83. The number of hydrogen-bond donors (Lipinski definition) is 0. The van der Waals surface area contributed by atoms with Crippen LogP contribution in [0.5, 0.6) is 0 Å². The molecule has 0 radical (unpaired) electrons. The summed E-state index contributed by atoms with van der Waals surface area (Å²) in [5.41, 5.74) is 16.0. The zero-order valence-corrected chi connectivity index (χ0v) is 34.2. The summed E-state index contributed by atoms with van der Waals surface area (Å²) >= 11 is 0. The van der Waals surface area contributed by atoms with Crippen molar-refractivity contribution < 1.29 is 0 Å². The van der Waals surface area contributed by atoms with Gasteiger partial charge < -0.3 is 9.13 Å². The van der Waals surface area contributed by atoms with E-state index in [9.17, 15) is 0 Å². The number of fused-ring (bicyclic) bond motifs is 8. The van der Waals surface area contributed by atoms with Gasteiger partial charge in [0.25, 0.3) is 0 Å². The quantitative estimate of drug-likeness (QED) is 0.149. The van der Waals surface area contributed by atoms with E-state index in [-0.39, 0.29) is 0 Å². The first-order valence-corrected chi connectivity index (χ1v) is 21.4. The summed E-state index contributed by atoms with van der Waals surface area (Å²) in [5, 5.41) is 10.1. The van der Waals surface area contributed by atoms with Crippen molar-refractivity contribution in [2.24, 2.45) is 0 Å². The Hall–Kier alpha value is -7.68. The van der Waals surface area contributed by atoms with Crippen LogP contribution in [0, 0.1) is 0 Å². The lowest BCUT2D eigenvalue weighted by molar-refractivity contribution is 0.868. The first-order chi connectivity index (χ1) is 30.1. The van der Waals surface area contributed by atoms with Crippen LogP contribution in [0.1, 0.15) is 25.3 Å². The van der Waals surface area contributed by atoms with Gasteiger partial charge >= 0.3 is 0 Å². The van der Waals surface area contributed by atoms with Gasteiger partial charge in [-0.2, -0.15) is 0 Å². The summed E-state index contributed by atoms with van der Waals surface area (Å²) in [5.74, 6) is 0.424. The van der Waals surface area contributed by atoms with Crippen LogP contribution < -0.4 is 0 Å². The minimum absolute atomic E-state index is 0.424. The lowest BCUT2D eigenvalue weighted by Crippen LogP contribution is -1.95. The number of para-hydroxylation sites is 2. The summed E-state index contributed by atoms with van der Waals surface area (Å²) in [6.45, 7) is 4.57. The van der Waals surface area contributed by atoms with Gasteiger partial charge in [0.05, 0.1) is 22.1 Å². The van der Waals surface area contributed by atoms with E-state index in [0.29, 0.717) is 5.92 Å². The Balaban J connectivity index is 1.02. The molecule has 61 heavy (non-hydrogen) atoms. The summed E-state index contributed by atoms with van der Waals surface area (Å²) in [6, 6.07) is 78.4. The number of aromatic nitrogens is 2. The fourth-order valence-electron chi connectivity index (χ4n) is 10.00. The fourth-order valence-corrected chi connectivity index (χ4v) is 10.00. The molecule has 0 saturated heterocycles. The molecular formula is C59H42N2. The SMILES string of the molecule is CC(C)c1ccc2c(c1)c1cc(-c3ccc4c(c3)c3ccccc3n4-c3ccccc3)ccc1n2-c1ccc(-c2c3ccccc3c(-c3ccccc3)c3ccccc23)cc1. The minimum atomic E-state index is 0.424. The van der Waals surface area contributed by atoms with Gasteiger partial charge in [-0.25, -0.2) is 0 Å². The second-order valence-electron chi connectivity index (χ2n) is 16.7.